The largest absolute Gasteiger partial charge is 0.468 e. The number of hydrogen-bond donors (Lipinski definition) is 0. The fourth-order valence-corrected chi connectivity index (χ4v) is 2.33. The van der Waals surface area contributed by atoms with Gasteiger partial charge in [0.05, 0.1) is 14.2 Å². The molecule has 16 heavy (non-hydrogen) atoms. The average molecular weight is 222 g/mol. The van der Waals surface area contributed by atoms with Gasteiger partial charge in [-0.3, -0.25) is 9.59 Å². The Labute approximate surface area is 93.9 Å². The van der Waals surface area contributed by atoms with Crippen molar-refractivity contribution in [2.75, 3.05) is 14.2 Å². The topological polar surface area (TPSA) is 52.6 Å². The van der Waals surface area contributed by atoms with Gasteiger partial charge in [0.2, 0.25) is 0 Å². The SMILES string of the molecule is COC(=O)C1(C(=O)OC)CC1C1=CC=CC1. The van der Waals surface area contributed by atoms with E-state index < -0.39 is 17.4 Å². The Balaban J connectivity index is 2.21. The van der Waals surface area contributed by atoms with Crippen LogP contribution in [0.4, 0.5) is 0 Å². The highest BCUT2D eigenvalue weighted by atomic mass is 16.5. The molecular formula is C12H14O4. The Hall–Kier alpha value is -1.58. The van der Waals surface area contributed by atoms with E-state index in [2.05, 4.69) is 0 Å². The molecule has 1 atom stereocenters. The summed E-state index contributed by atoms with van der Waals surface area (Å²) in [6, 6.07) is 0. The van der Waals surface area contributed by atoms with Crippen LogP contribution in [-0.2, 0) is 19.1 Å². The van der Waals surface area contributed by atoms with E-state index in [4.69, 9.17) is 9.47 Å². The summed E-state index contributed by atoms with van der Waals surface area (Å²) in [4.78, 5) is 23.4. The van der Waals surface area contributed by atoms with E-state index in [1.165, 1.54) is 14.2 Å². The maximum Gasteiger partial charge on any atom is 0.323 e. The van der Waals surface area contributed by atoms with E-state index in [1.54, 1.807) is 0 Å². The van der Waals surface area contributed by atoms with Gasteiger partial charge in [-0.1, -0.05) is 23.8 Å². The van der Waals surface area contributed by atoms with Crippen LogP contribution in [0.5, 0.6) is 0 Å². The molecule has 2 rings (SSSR count). The minimum atomic E-state index is -1.08. The molecule has 0 bridgehead atoms. The van der Waals surface area contributed by atoms with Crippen LogP contribution in [0.1, 0.15) is 12.8 Å². The van der Waals surface area contributed by atoms with Gasteiger partial charge in [0.15, 0.2) is 5.41 Å². The van der Waals surface area contributed by atoms with Gasteiger partial charge in [-0.2, -0.15) is 0 Å². The number of allylic oxidation sites excluding steroid dienone is 4. The van der Waals surface area contributed by atoms with Gasteiger partial charge >= 0.3 is 11.9 Å². The molecule has 0 heterocycles. The molecule has 2 aliphatic carbocycles. The lowest BCUT2D eigenvalue weighted by atomic mass is 9.98. The summed E-state index contributed by atoms with van der Waals surface area (Å²) in [6.45, 7) is 0. The van der Waals surface area contributed by atoms with Crippen LogP contribution in [0.15, 0.2) is 23.8 Å². The average Bonchev–Trinajstić information content (AvgIpc) is 2.84. The third-order valence-electron chi connectivity index (χ3n) is 3.31. The molecule has 4 heteroatoms. The molecule has 86 valence electrons. The number of ether oxygens (including phenoxy) is 2. The first kappa shape index (κ1) is 10.9. The first-order valence-corrected chi connectivity index (χ1v) is 5.19. The molecule has 0 aromatic heterocycles. The van der Waals surface area contributed by atoms with E-state index in [1.807, 2.05) is 18.2 Å². The van der Waals surface area contributed by atoms with Crippen molar-refractivity contribution in [3.63, 3.8) is 0 Å². The third-order valence-corrected chi connectivity index (χ3v) is 3.31. The van der Waals surface area contributed by atoms with Crippen molar-refractivity contribution in [3.8, 4) is 0 Å². The lowest BCUT2D eigenvalue weighted by Gasteiger charge is -2.12. The van der Waals surface area contributed by atoms with E-state index >= 15 is 0 Å². The monoisotopic (exact) mass is 222 g/mol. The quantitative estimate of drug-likeness (QED) is 0.532. The summed E-state index contributed by atoms with van der Waals surface area (Å²) in [7, 11) is 2.59. The standard InChI is InChI=1S/C12H14O4/c1-15-10(13)12(11(14)16-2)7-9(12)8-5-3-4-6-8/h3-5,9H,6-7H2,1-2H3. The third kappa shape index (κ3) is 1.37. The first-order chi connectivity index (χ1) is 7.66. The van der Waals surface area contributed by atoms with Crippen molar-refractivity contribution in [1.82, 2.24) is 0 Å². The van der Waals surface area contributed by atoms with Crippen LogP contribution in [0.2, 0.25) is 0 Å². The Kier molecular flexibility index (Phi) is 2.58. The molecule has 0 aliphatic heterocycles. The zero-order chi connectivity index (χ0) is 11.8. The number of hydrogen-bond acceptors (Lipinski definition) is 4. The summed E-state index contributed by atoms with van der Waals surface area (Å²) in [6.07, 6.45) is 7.21. The Morgan fingerprint density at radius 3 is 2.38 bits per heavy atom. The van der Waals surface area contributed by atoms with Crippen LogP contribution in [0, 0.1) is 11.3 Å². The van der Waals surface area contributed by atoms with Gasteiger partial charge in [-0.15, -0.1) is 0 Å². The Morgan fingerprint density at radius 2 is 1.94 bits per heavy atom. The molecule has 4 nitrogen and oxygen atoms in total. The second-order valence-corrected chi connectivity index (χ2v) is 4.09. The van der Waals surface area contributed by atoms with Crippen LogP contribution in [0.25, 0.3) is 0 Å². The van der Waals surface area contributed by atoms with E-state index in [9.17, 15) is 9.59 Å². The Bertz CT molecular complexity index is 376. The van der Waals surface area contributed by atoms with E-state index in [0.717, 1.165) is 12.0 Å². The van der Waals surface area contributed by atoms with E-state index in [0.29, 0.717) is 6.42 Å². The molecule has 0 spiro atoms. The smallest absolute Gasteiger partial charge is 0.323 e. The highest BCUT2D eigenvalue weighted by molar-refractivity contribution is 6.04. The maximum absolute atomic E-state index is 11.7. The highest BCUT2D eigenvalue weighted by Crippen LogP contribution is 2.59. The van der Waals surface area contributed by atoms with Gasteiger partial charge in [0, 0.05) is 5.92 Å². The molecule has 0 saturated heterocycles. The lowest BCUT2D eigenvalue weighted by Crippen LogP contribution is -2.30. The summed E-state index contributed by atoms with van der Waals surface area (Å²) >= 11 is 0. The van der Waals surface area contributed by atoms with Crippen LogP contribution < -0.4 is 0 Å². The fraction of sp³-hybridized carbons (Fsp3) is 0.500. The molecule has 0 aromatic carbocycles. The number of esters is 2. The zero-order valence-corrected chi connectivity index (χ0v) is 9.36. The molecular weight excluding hydrogens is 208 g/mol. The van der Waals surface area contributed by atoms with Crippen molar-refractivity contribution in [2.45, 2.75) is 12.8 Å². The predicted molar refractivity (Wildman–Crippen MR) is 56.4 cm³/mol. The predicted octanol–water partition coefficient (Wildman–Crippen LogP) is 1.22. The number of carbonyl (C=O) groups is 2. The maximum atomic E-state index is 11.7. The number of carbonyl (C=O) groups excluding carboxylic acids is 2. The molecule has 0 radical (unpaired) electrons. The minimum absolute atomic E-state index is 0.0533. The minimum Gasteiger partial charge on any atom is -0.468 e. The second kappa shape index (κ2) is 3.77. The molecule has 0 N–H and O–H groups in total. The van der Waals surface area contributed by atoms with Crippen molar-refractivity contribution in [2.24, 2.45) is 11.3 Å². The second-order valence-electron chi connectivity index (χ2n) is 4.09. The van der Waals surface area contributed by atoms with Crippen molar-refractivity contribution >= 4 is 11.9 Å². The van der Waals surface area contributed by atoms with Gasteiger partial charge < -0.3 is 9.47 Å². The van der Waals surface area contributed by atoms with Crippen LogP contribution in [-0.4, -0.2) is 26.2 Å². The highest BCUT2D eigenvalue weighted by Gasteiger charge is 2.68. The summed E-state index contributed by atoms with van der Waals surface area (Å²) in [5.41, 5.74) is 0.0252. The fourth-order valence-electron chi connectivity index (χ4n) is 2.33. The van der Waals surface area contributed by atoms with E-state index in [-0.39, 0.29) is 5.92 Å². The van der Waals surface area contributed by atoms with Crippen LogP contribution in [0.3, 0.4) is 0 Å². The molecule has 1 unspecified atom stereocenters. The summed E-state index contributed by atoms with van der Waals surface area (Å²) < 4.78 is 9.41. The molecule has 0 aromatic rings. The number of methoxy groups -OCH3 is 2. The zero-order valence-electron chi connectivity index (χ0n) is 9.36. The molecule has 1 fully saturated rings. The van der Waals surface area contributed by atoms with Gasteiger partial charge in [-0.25, -0.2) is 0 Å². The van der Waals surface area contributed by atoms with Gasteiger partial charge in [0.25, 0.3) is 0 Å². The first-order valence-electron chi connectivity index (χ1n) is 5.19. The lowest BCUT2D eigenvalue weighted by molar-refractivity contribution is -0.161. The molecule has 0 amide bonds. The number of rotatable bonds is 3. The van der Waals surface area contributed by atoms with Crippen molar-refractivity contribution in [1.29, 1.82) is 0 Å². The normalized spacial score (nSPS) is 24.9. The van der Waals surface area contributed by atoms with Gasteiger partial charge in [0.1, 0.15) is 0 Å². The molecule has 1 saturated carbocycles. The van der Waals surface area contributed by atoms with Crippen molar-refractivity contribution < 1.29 is 19.1 Å². The summed E-state index contributed by atoms with van der Waals surface area (Å²) in [5, 5.41) is 0. The van der Waals surface area contributed by atoms with Gasteiger partial charge in [-0.05, 0) is 12.8 Å². The van der Waals surface area contributed by atoms with Crippen LogP contribution >= 0.6 is 0 Å². The molecule has 2 aliphatic rings. The van der Waals surface area contributed by atoms with Crippen molar-refractivity contribution in [3.05, 3.63) is 23.8 Å². The Morgan fingerprint density at radius 1 is 1.31 bits per heavy atom. The summed E-state index contributed by atoms with van der Waals surface area (Å²) in [5.74, 6) is -1.03.